The number of rotatable bonds is 2. The van der Waals surface area contributed by atoms with Gasteiger partial charge in [-0.3, -0.25) is 0 Å². The Morgan fingerprint density at radius 3 is 2.50 bits per heavy atom. The molecule has 0 saturated heterocycles. The molecule has 1 rings (SSSR count). The van der Waals surface area contributed by atoms with Gasteiger partial charge in [-0.15, -0.1) is 0 Å². The highest BCUT2D eigenvalue weighted by atomic mass is 19.4. The van der Waals surface area contributed by atoms with Crippen LogP contribution in [0, 0.1) is 6.07 Å². The Morgan fingerprint density at radius 2 is 2.00 bits per heavy atom. The van der Waals surface area contributed by atoms with Crippen molar-refractivity contribution in [3.63, 3.8) is 0 Å². The third-order valence-corrected chi connectivity index (χ3v) is 1.49. The summed E-state index contributed by atoms with van der Waals surface area (Å²) >= 11 is 0. The average molecular weight is 203 g/mol. The summed E-state index contributed by atoms with van der Waals surface area (Å²) in [6, 6.07) is 5.93. The fraction of sp³-hybridized carbons (Fsp3) is 0.400. The molecule has 1 aromatic carbocycles. The summed E-state index contributed by atoms with van der Waals surface area (Å²) in [6.45, 7) is 3.35. The molecule has 0 aromatic heterocycles. The quantitative estimate of drug-likeness (QED) is 0.716. The smallest absolute Gasteiger partial charge is 0.419 e. The molecule has 0 heterocycles. The molecular weight excluding hydrogens is 193 g/mol. The predicted molar refractivity (Wildman–Crippen MR) is 46.0 cm³/mol. The second-order valence-electron chi connectivity index (χ2n) is 3.09. The monoisotopic (exact) mass is 203 g/mol. The molecule has 1 radical (unpaired) electrons. The van der Waals surface area contributed by atoms with E-state index in [2.05, 4.69) is 6.07 Å². The van der Waals surface area contributed by atoms with Gasteiger partial charge in [-0.05, 0) is 32.0 Å². The molecule has 0 N–H and O–H groups in total. The van der Waals surface area contributed by atoms with Crippen LogP contribution in [0.25, 0.3) is 0 Å². The Balaban J connectivity index is 3.04. The number of hydrogen-bond acceptors (Lipinski definition) is 1. The minimum absolute atomic E-state index is 0.147. The number of benzene rings is 1. The standard InChI is InChI=1S/C10H10F3O/c1-7(2)14-9-6-4-3-5-8(9)10(11,12)13/h4-7H,1-2H3. The molecule has 0 amide bonds. The maximum atomic E-state index is 12.4. The van der Waals surface area contributed by atoms with Gasteiger partial charge in [-0.2, -0.15) is 13.2 Å². The zero-order valence-electron chi connectivity index (χ0n) is 7.85. The van der Waals surface area contributed by atoms with E-state index in [0.29, 0.717) is 0 Å². The summed E-state index contributed by atoms with van der Waals surface area (Å²) < 4.78 is 42.2. The van der Waals surface area contributed by atoms with Crippen molar-refractivity contribution in [3.05, 3.63) is 29.8 Å². The van der Waals surface area contributed by atoms with Gasteiger partial charge in [-0.1, -0.05) is 6.07 Å². The molecule has 0 bridgehead atoms. The molecule has 0 unspecified atom stereocenters. The first-order valence-corrected chi connectivity index (χ1v) is 4.15. The van der Waals surface area contributed by atoms with Crippen LogP contribution in [0.5, 0.6) is 5.75 Å². The Bertz CT molecular complexity index is 304. The van der Waals surface area contributed by atoms with Gasteiger partial charge < -0.3 is 4.74 Å². The first-order valence-electron chi connectivity index (χ1n) is 4.15. The number of hydrogen-bond donors (Lipinski definition) is 0. The Hall–Kier alpha value is -1.19. The zero-order valence-corrected chi connectivity index (χ0v) is 7.85. The average Bonchev–Trinajstić information content (AvgIpc) is 2.01. The Morgan fingerprint density at radius 1 is 1.36 bits per heavy atom. The second kappa shape index (κ2) is 3.90. The first kappa shape index (κ1) is 10.9. The van der Waals surface area contributed by atoms with Crippen molar-refractivity contribution in [3.8, 4) is 5.75 Å². The lowest BCUT2D eigenvalue weighted by atomic mass is 10.2. The topological polar surface area (TPSA) is 9.23 Å². The number of ether oxygens (including phenoxy) is 1. The molecule has 1 nitrogen and oxygen atoms in total. The fourth-order valence-corrected chi connectivity index (χ4v) is 0.994. The van der Waals surface area contributed by atoms with Crippen molar-refractivity contribution in [2.45, 2.75) is 26.1 Å². The van der Waals surface area contributed by atoms with E-state index < -0.39 is 11.7 Å². The maximum absolute atomic E-state index is 12.4. The number of alkyl halides is 3. The van der Waals surface area contributed by atoms with E-state index >= 15 is 0 Å². The zero-order chi connectivity index (χ0) is 10.8. The van der Waals surface area contributed by atoms with Crippen LogP contribution >= 0.6 is 0 Å². The Labute approximate surface area is 80.5 Å². The van der Waals surface area contributed by atoms with Crippen LogP contribution in [0.15, 0.2) is 18.2 Å². The lowest BCUT2D eigenvalue weighted by Gasteiger charge is -2.15. The van der Waals surface area contributed by atoms with Crippen LogP contribution in [0.4, 0.5) is 13.2 Å². The number of halogens is 3. The summed E-state index contributed by atoms with van der Waals surface area (Å²) in [7, 11) is 0. The van der Waals surface area contributed by atoms with Crippen molar-refractivity contribution in [1.82, 2.24) is 0 Å². The van der Waals surface area contributed by atoms with E-state index in [0.717, 1.165) is 6.07 Å². The van der Waals surface area contributed by atoms with Crippen molar-refractivity contribution in [1.29, 1.82) is 0 Å². The van der Waals surface area contributed by atoms with Gasteiger partial charge in [0, 0.05) is 0 Å². The van der Waals surface area contributed by atoms with Crippen LogP contribution in [-0.4, -0.2) is 6.10 Å². The van der Waals surface area contributed by atoms with Gasteiger partial charge in [0.25, 0.3) is 0 Å². The lowest BCUT2D eigenvalue weighted by Crippen LogP contribution is -2.12. The van der Waals surface area contributed by atoms with E-state index in [1.165, 1.54) is 12.1 Å². The summed E-state index contributed by atoms with van der Waals surface area (Å²) in [5, 5.41) is 0. The fourth-order valence-electron chi connectivity index (χ4n) is 0.994. The minimum Gasteiger partial charge on any atom is -0.490 e. The molecule has 0 atom stereocenters. The van der Waals surface area contributed by atoms with Gasteiger partial charge in [0.2, 0.25) is 0 Å². The summed E-state index contributed by atoms with van der Waals surface area (Å²) in [5.41, 5.74) is -0.784. The van der Waals surface area contributed by atoms with Gasteiger partial charge in [0.05, 0.1) is 11.7 Å². The van der Waals surface area contributed by atoms with Crippen molar-refractivity contribution in [2.75, 3.05) is 0 Å². The molecule has 1 aromatic rings. The highest BCUT2D eigenvalue weighted by Gasteiger charge is 2.34. The molecule has 4 heteroatoms. The van der Waals surface area contributed by atoms with Crippen LogP contribution < -0.4 is 4.74 Å². The van der Waals surface area contributed by atoms with Crippen LogP contribution in [0.3, 0.4) is 0 Å². The van der Waals surface area contributed by atoms with Crippen molar-refractivity contribution in [2.24, 2.45) is 0 Å². The summed E-state index contributed by atoms with van der Waals surface area (Å²) in [5.74, 6) is -0.147. The SMILES string of the molecule is CC(C)Oc1cc[c]cc1C(F)(F)F. The predicted octanol–water partition coefficient (Wildman–Crippen LogP) is 3.29. The molecule has 0 saturated carbocycles. The van der Waals surface area contributed by atoms with E-state index in [-0.39, 0.29) is 11.9 Å². The summed E-state index contributed by atoms with van der Waals surface area (Å²) in [4.78, 5) is 0. The third kappa shape index (κ3) is 2.65. The third-order valence-electron chi connectivity index (χ3n) is 1.49. The first-order chi connectivity index (χ1) is 6.41. The molecule has 0 aliphatic carbocycles. The van der Waals surface area contributed by atoms with E-state index in [1.54, 1.807) is 13.8 Å². The molecule has 0 fully saturated rings. The van der Waals surface area contributed by atoms with Crippen LogP contribution in [0.1, 0.15) is 19.4 Å². The van der Waals surface area contributed by atoms with E-state index in [9.17, 15) is 13.2 Å². The molecule has 77 valence electrons. The molecule has 0 aliphatic rings. The van der Waals surface area contributed by atoms with Gasteiger partial charge in [0.15, 0.2) is 0 Å². The molecule has 0 spiro atoms. The van der Waals surface area contributed by atoms with E-state index in [4.69, 9.17) is 4.74 Å². The van der Waals surface area contributed by atoms with Crippen molar-refractivity contribution < 1.29 is 17.9 Å². The van der Waals surface area contributed by atoms with E-state index in [1.807, 2.05) is 0 Å². The summed E-state index contributed by atoms with van der Waals surface area (Å²) in [6.07, 6.45) is -4.67. The minimum atomic E-state index is -4.39. The van der Waals surface area contributed by atoms with Crippen molar-refractivity contribution >= 4 is 0 Å². The molecule has 0 aliphatic heterocycles. The van der Waals surface area contributed by atoms with Gasteiger partial charge >= 0.3 is 6.18 Å². The lowest BCUT2D eigenvalue weighted by molar-refractivity contribution is -0.139. The largest absolute Gasteiger partial charge is 0.490 e. The normalized spacial score (nSPS) is 11.9. The highest BCUT2D eigenvalue weighted by molar-refractivity contribution is 5.35. The van der Waals surface area contributed by atoms with Crippen LogP contribution in [0.2, 0.25) is 0 Å². The second-order valence-corrected chi connectivity index (χ2v) is 3.09. The molecular formula is C10H10F3O. The highest BCUT2D eigenvalue weighted by Crippen LogP contribution is 2.35. The maximum Gasteiger partial charge on any atom is 0.419 e. The molecule has 14 heavy (non-hydrogen) atoms. The van der Waals surface area contributed by atoms with Gasteiger partial charge in [-0.25, -0.2) is 0 Å². The van der Waals surface area contributed by atoms with Gasteiger partial charge in [0.1, 0.15) is 5.75 Å². The van der Waals surface area contributed by atoms with Crippen LogP contribution in [-0.2, 0) is 6.18 Å². The Kier molecular flexibility index (Phi) is 3.03.